The fraction of sp³-hybridized carbons (Fsp3) is 0.333. The van der Waals surface area contributed by atoms with Crippen molar-refractivity contribution in [2.75, 3.05) is 43.6 Å². The van der Waals surface area contributed by atoms with Gasteiger partial charge in [-0.3, -0.25) is 9.59 Å². The van der Waals surface area contributed by atoms with E-state index >= 15 is 0 Å². The maximum atomic E-state index is 12.7. The van der Waals surface area contributed by atoms with Crippen LogP contribution in [0.2, 0.25) is 0 Å². The minimum absolute atomic E-state index is 0.0856. The Labute approximate surface area is 168 Å². The van der Waals surface area contributed by atoms with Gasteiger partial charge in [0.2, 0.25) is 5.91 Å². The molecule has 152 valence electrons. The highest BCUT2D eigenvalue weighted by Crippen LogP contribution is 2.34. The van der Waals surface area contributed by atoms with E-state index in [0.717, 1.165) is 12.1 Å². The van der Waals surface area contributed by atoms with E-state index in [9.17, 15) is 9.59 Å². The lowest BCUT2D eigenvalue weighted by atomic mass is 10.1. The molecule has 2 heterocycles. The van der Waals surface area contributed by atoms with Gasteiger partial charge in [-0.1, -0.05) is 12.1 Å². The van der Waals surface area contributed by atoms with Gasteiger partial charge in [-0.05, 0) is 24.3 Å². The number of fused-ring (bicyclic) bond motifs is 2. The maximum absolute atomic E-state index is 12.7. The molecule has 2 aliphatic heterocycles. The third-order valence-corrected chi connectivity index (χ3v) is 4.77. The fourth-order valence-corrected chi connectivity index (χ4v) is 3.37. The second-order valence-electron chi connectivity index (χ2n) is 6.83. The minimum Gasteiger partial charge on any atom is -0.490 e. The van der Waals surface area contributed by atoms with Gasteiger partial charge < -0.3 is 29.7 Å². The van der Waals surface area contributed by atoms with Crippen LogP contribution < -0.4 is 29.7 Å². The SMILES string of the molecule is CNC(=O)C1CN(CC(=O)Nc2ccc3c(c2)OCCCO3)c2ccccc2O1. The number of rotatable bonds is 4. The van der Waals surface area contributed by atoms with Gasteiger partial charge in [-0.25, -0.2) is 0 Å². The average Bonchev–Trinajstić information content (AvgIpc) is 2.98. The van der Waals surface area contributed by atoms with Crippen molar-refractivity contribution < 1.29 is 23.8 Å². The van der Waals surface area contributed by atoms with Crippen LogP contribution in [-0.2, 0) is 9.59 Å². The van der Waals surface area contributed by atoms with E-state index in [1.165, 1.54) is 0 Å². The van der Waals surface area contributed by atoms with Gasteiger partial charge in [0, 0.05) is 25.2 Å². The summed E-state index contributed by atoms with van der Waals surface area (Å²) in [6.07, 6.45) is 0.139. The highest BCUT2D eigenvalue weighted by Gasteiger charge is 2.31. The molecule has 2 aromatic carbocycles. The molecule has 0 fully saturated rings. The van der Waals surface area contributed by atoms with Crippen LogP contribution >= 0.6 is 0 Å². The first-order valence-corrected chi connectivity index (χ1v) is 9.56. The molecule has 0 spiro atoms. The van der Waals surface area contributed by atoms with Crippen molar-refractivity contribution in [2.45, 2.75) is 12.5 Å². The zero-order valence-electron chi connectivity index (χ0n) is 16.1. The summed E-state index contributed by atoms with van der Waals surface area (Å²) in [7, 11) is 1.56. The van der Waals surface area contributed by atoms with Crippen LogP contribution in [0.5, 0.6) is 17.2 Å². The third-order valence-electron chi connectivity index (χ3n) is 4.77. The molecule has 8 nitrogen and oxygen atoms in total. The highest BCUT2D eigenvalue weighted by molar-refractivity contribution is 5.95. The first-order chi connectivity index (χ1) is 14.1. The summed E-state index contributed by atoms with van der Waals surface area (Å²) < 4.78 is 17.1. The first-order valence-electron chi connectivity index (χ1n) is 9.56. The standard InChI is InChI=1S/C21H23N3O5/c1-22-21(26)19-12-24(15-5-2-3-6-16(15)29-19)13-20(25)23-14-7-8-17-18(11-14)28-10-4-9-27-17/h2-3,5-8,11,19H,4,9-10,12-13H2,1H3,(H,22,26)(H,23,25). The van der Waals surface area contributed by atoms with E-state index in [1.807, 2.05) is 23.1 Å². The summed E-state index contributed by atoms with van der Waals surface area (Å²) in [5.41, 5.74) is 1.41. The molecule has 2 aliphatic rings. The van der Waals surface area contributed by atoms with Crippen LogP contribution in [0.1, 0.15) is 6.42 Å². The fourth-order valence-electron chi connectivity index (χ4n) is 3.37. The molecule has 1 atom stereocenters. The van der Waals surface area contributed by atoms with Gasteiger partial charge in [0.05, 0.1) is 32.0 Å². The van der Waals surface area contributed by atoms with Crippen LogP contribution in [0, 0.1) is 0 Å². The Hall–Kier alpha value is -3.42. The number of amides is 2. The number of benzene rings is 2. The van der Waals surface area contributed by atoms with E-state index < -0.39 is 6.10 Å². The Morgan fingerprint density at radius 3 is 2.69 bits per heavy atom. The maximum Gasteiger partial charge on any atom is 0.262 e. The molecule has 0 saturated carbocycles. The lowest BCUT2D eigenvalue weighted by Gasteiger charge is -2.35. The molecule has 0 aliphatic carbocycles. The Balaban J connectivity index is 1.47. The summed E-state index contributed by atoms with van der Waals surface area (Å²) in [4.78, 5) is 26.6. The monoisotopic (exact) mass is 397 g/mol. The minimum atomic E-state index is -0.680. The number of carbonyl (C=O) groups is 2. The lowest BCUT2D eigenvalue weighted by Crippen LogP contribution is -2.50. The molecule has 0 bridgehead atoms. The van der Waals surface area contributed by atoms with Crippen LogP contribution in [0.3, 0.4) is 0 Å². The number of anilines is 2. The molecular weight excluding hydrogens is 374 g/mol. The molecule has 0 saturated heterocycles. The van der Waals surface area contributed by atoms with Crippen molar-refractivity contribution in [1.29, 1.82) is 0 Å². The molecule has 0 aromatic heterocycles. The second kappa shape index (κ2) is 8.30. The number of carbonyl (C=O) groups excluding carboxylic acids is 2. The number of likely N-dealkylation sites (N-methyl/N-ethyl adjacent to an activating group) is 1. The van der Waals surface area contributed by atoms with Gasteiger partial charge in [-0.15, -0.1) is 0 Å². The number of hydrogen-bond acceptors (Lipinski definition) is 6. The van der Waals surface area contributed by atoms with Crippen molar-refractivity contribution in [1.82, 2.24) is 5.32 Å². The average molecular weight is 397 g/mol. The Morgan fingerprint density at radius 2 is 1.86 bits per heavy atom. The Morgan fingerprint density at radius 1 is 1.07 bits per heavy atom. The number of para-hydroxylation sites is 2. The van der Waals surface area contributed by atoms with E-state index in [0.29, 0.717) is 36.1 Å². The molecule has 2 amide bonds. The topological polar surface area (TPSA) is 89.1 Å². The molecular formula is C21H23N3O5. The van der Waals surface area contributed by atoms with E-state index in [1.54, 1.807) is 31.3 Å². The largest absolute Gasteiger partial charge is 0.490 e. The van der Waals surface area contributed by atoms with Gasteiger partial charge in [0.15, 0.2) is 17.6 Å². The van der Waals surface area contributed by atoms with Crippen molar-refractivity contribution in [3.8, 4) is 17.2 Å². The number of hydrogen-bond donors (Lipinski definition) is 2. The molecule has 2 N–H and O–H groups in total. The number of nitrogens with one attached hydrogen (secondary N) is 2. The first kappa shape index (κ1) is 18.9. The van der Waals surface area contributed by atoms with Crippen LogP contribution in [0.15, 0.2) is 42.5 Å². The number of nitrogens with zero attached hydrogens (tertiary/aromatic N) is 1. The Kier molecular flexibility index (Phi) is 5.41. The number of ether oxygens (including phenoxy) is 3. The quantitative estimate of drug-likeness (QED) is 0.818. The molecule has 2 aromatic rings. The molecule has 1 unspecified atom stereocenters. The summed E-state index contributed by atoms with van der Waals surface area (Å²) in [6, 6.07) is 12.7. The second-order valence-corrected chi connectivity index (χ2v) is 6.83. The molecule has 29 heavy (non-hydrogen) atoms. The lowest BCUT2D eigenvalue weighted by molar-refractivity contribution is -0.127. The van der Waals surface area contributed by atoms with Gasteiger partial charge in [0.1, 0.15) is 5.75 Å². The Bertz CT molecular complexity index is 917. The highest BCUT2D eigenvalue weighted by atomic mass is 16.5. The zero-order valence-corrected chi connectivity index (χ0v) is 16.1. The van der Waals surface area contributed by atoms with Crippen molar-refractivity contribution in [3.05, 3.63) is 42.5 Å². The van der Waals surface area contributed by atoms with E-state index in [-0.39, 0.29) is 24.9 Å². The van der Waals surface area contributed by atoms with Crippen LogP contribution in [-0.4, -0.2) is 51.3 Å². The summed E-state index contributed by atoms with van der Waals surface area (Å²) in [6.45, 7) is 1.56. The van der Waals surface area contributed by atoms with Crippen molar-refractivity contribution in [3.63, 3.8) is 0 Å². The predicted octanol–water partition coefficient (Wildman–Crippen LogP) is 1.80. The van der Waals surface area contributed by atoms with E-state index in [2.05, 4.69) is 10.6 Å². The molecule has 8 heteroatoms. The summed E-state index contributed by atoms with van der Waals surface area (Å²) in [5, 5.41) is 5.49. The van der Waals surface area contributed by atoms with Gasteiger partial charge in [0.25, 0.3) is 5.91 Å². The van der Waals surface area contributed by atoms with Crippen LogP contribution in [0.25, 0.3) is 0 Å². The third kappa shape index (κ3) is 4.21. The summed E-state index contributed by atoms with van der Waals surface area (Å²) >= 11 is 0. The van der Waals surface area contributed by atoms with Crippen molar-refractivity contribution in [2.24, 2.45) is 0 Å². The van der Waals surface area contributed by atoms with E-state index in [4.69, 9.17) is 14.2 Å². The smallest absolute Gasteiger partial charge is 0.262 e. The van der Waals surface area contributed by atoms with Gasteiger partial charge >= 0.3 is 0 Å². The molecule has 0 radical (unpaired) electrons. The van der Waals surface area contributed by atoms with Crippen molar-refractivity contribution >= 4 is 23.2 Å². The molecule has 4 rings (SSSR count). The van der Waals surface area contributed by atoms with Gasteiger partial charge in [-0.2, -0.15) is 0 Å². The predicted molar refractivity (Wildman–Crippen MR) is 108 cm³/mol. The summed E-state index contributed by atoms with van der Waals surface area (Å²) in [5.74, 6) is 1.45. The van der Waals surface area contributed by atoms with Crippen LogP contribution in [0.4, 0.5) is 11.4 Å². The zero-order chi connectivity index (χ0) is 20.2. The normalized spacial score (nSPS) is 17.4.